The first-order valence-electron chi connectivity index (χ1n) is 13.4. The predicted octanol–water partition coefficient (Wildman–Crippen LogP) is 4.35. The van der Waals surface area contributed by atoms with E-state index >= 15 is 0 Å². The molecule has 11 nitrogen and oxygen atoms in total. The van der Waals surface area contributed by atoms with Crippen LogP contribution in [-0.2, 0) is 27.3 Å². The Kier molecular flexibility index (Phi) is 12.7. The minimum absolute atomic E-state index is 0.0322. The van der Waals surface area contributed by atoms with Crippen LogP contribution >= 0.6 is 0 Å². The Hall–Kier alpha value is -3.73. The lowest BCUT2D eigenvalue weighted by Gasteiger charge is -2.53. The maximum absolute atomic E-state index is 13.0. The van der Waals surface area contributed by atoms with Gasteiger partial charge in [0.1, 0.15) is 16.9 Å². The second-order valence-corrected chi connectivity index (χ2v) is 10.5. The van der Waals surface area contributed by atoms with Crippen molar-refractivity contribution in [2.45, 2.75) is 64.0 Å². The second kappa shape index (κ2) is 15.3. The normalized spacial score (nSPS) is 17.6. The van der Waals surface area contributed by atoms with E-state index in [1.54, 1.807) is 6.20 Å². The molecule has 17 heteroatoms. The van der Waals surface area contributed by atoms with Crippen LogP contribution in [0.15, 0.2) is 29.0 Å². The predicted molar refractivity (Wildman–Crippen MR) is 140 cm³/mol. The number of amides is 1. The number of ether oxygens (including phenoxy) is 1. The van der Waals surface area contributed by atoms with Crippen LogP contribution in [-0.4, -0.2) is 99.2 Å². The summed E-state index contributed by atoms with van der Waals surface area (Å²) in [6.07, 6.45) is -2.63. The van der Waals surface area contributed by atoms with Crippen LogP contribution in [0, 0.1) is 12.8 Å². The number of pyridine rings is 1. The smallest absolute Gasteiger partial charge is 0.475 e. The molecule has 2 saturated heterocycles. The monoisotopic (exact) mass is 640 g/mol. The molecule has 1 unspecified atom stereocenters. The first-order chi connectivity index (χ1) is 20.4. The van der Waals surface area contributed by atoms with Crippen molar-refractivity contribution in [1.29, 1.82) is 0 Å². The van der Waals surface area contributed by atoms with Gasteiger partial charge in [-0.05, 0) is 50.8 Å². The van der Waals surface area contributed by atoms with Gasteiger partial charge in [-0.1, -0.05) is 18.1 Å². The van der Waals surface area contributed by atoms with Crippen molar-refractivity contribution >= 4 is 17.8 Å². The van der Waals surface area contributed by atoms with Gasteiger partial charge in [0.2, 0.25) is 0 Å². The third kappa shape index (κ3) is 10.8. The van der Waals surface area contributed by atoms with E-state index < -0.39 is 24.3 Å². The van der Waals surface area contributed by atoms with Gasteiger partial charge in [-0.15, -0.1) is 0 Å². The maximum Gasteiger partial charge on any atom is 0.490 e. The molecule has 2 aromatic heterocycles. The van der Waals surface area contributed by atoms with Crippen molar-refractivity contribution < 1.29 is 60.2 Å². The second-order valence-electron chi connectivity index (χ2n) is 10.5. The summed E-state index contributed by atoms with van der Waals surface area (Å²) < 4.78 is 75.1. The zero-order valence-electron chi connectivity index (χ0n) is 24.2. The van der Waals surface area contributed by atoms with Gasteiger partial charge in [-0.2, -0.15) is 26.3 Å². The highest BCUT2D eigenvalue weighted by Crippen LogP contribution is 2.37. The van der Waals surface area contributed by atoms with Crippen LogP contribution in [0.2, 0.25) is 0 Å². The summed E-state index contributed by atoms with van der Waals surface area (Å²) >= 11 is 0. The molecule has 0 bridgehead atoms. The number of carboxylic acid groups (broad SMARTS) is 2. The molecule has 0 saturated carbocycles. The fraction of sp³-hybridized carbons (Fsp3) is 0.593. The summed E-state index contributed by atoms with van der Waals surface area (Å²) in [5.74, 6) is -4.24. The third-order valence-corrected chi connectivity index (χ3v) is 6.73. The number of likely N-dealkylation sites (tertiary alicyclic amines) is 1. The first-order valence-corrected chi connectivity index (χ1v) is 13.4. The van der Waals surface area contributed by atoms with Crippen molar-refractivity contribution in [3.8, 4) is 0 Å². The van der Waals surface area contributed by atoms with Gasteiger partial charge in [0.25, 0.3) is 5.91 Å². The van der Waals surface area contributed by atoms with E-state index in [1.165, 1.54) is 5.56 Å². The topological polar surface area (TPSA) is 146 Å². The number of rotatable bonds is 7. The molecule has 1 atom stereocenters. The highest BCUT2D eigenvalue weighted by Gasteiger charge is 2.49. The standard InChI is InChI=1S/C23H32N4O3.2C2HF3O2/c1-4-6-20-21(17(2)25-30-20)22(28)27-15-23(16-27)9-8-19(14-29-23)13-26(3)12-18-7-5-10-24-11-18;2*3-2(4,5)1(6)7/h5,7,10-11,19H,4,6,8-9,12-16H2,1-3H3;2*(H,6,7). The van der Waals surface area contributed by atoms with Crippen molar-refractivity contribution in [3.05, 3.63) is 47.1 Å². The number of aliphatic carboxylic acids is 2. The van der Waals surface area contributed by atoms with E-state index in [0.717, 1.165) is 45.4 Å². The molecule has 0 aromatic carbocycles. The fourth-order valence-electron chi connectivity index (χ4n) is 4.66. The van der Waals surface area contributed by atoms with Gasteiger partial charge < -0.3 is 29.3 Å². The summed E-state index contributed by atoms with van der Waals surface area (Å²) in [5.41, 5.74) is 2.40. The lowest BCUT2D eigenvalue weighted by atomic mass is 9.82. The van der Waals surface area contributed by atoms with Crippen LogP contribution in [0.4, 0.5) is 26.3 Å². The molecule has 0 radical (unpaired) electrons. The van der Waals surface area contributed by atoms with Gasteiger partial charge in [0.05, 0.1) is 25.4 Å². The average molecular weight is 641 g/mol. The van der Waals surface area contributed by atoms with Gasteiger partial charge >= 0.3 is 24.3 Å². The minimum atomic E-state index is -5.08. The fourth-order valence-corrected chi connectivity index (χ4v) is 4.66. The SMILES string of the molecule is CCCc1onc(C)c1C(=O)N1CC2(CCC(CN(C)Cc3cccnc3)CO2)C1.O=C(O)C(F)(F)F.O=C(O)C(F)(F)F. The van der Waals surface area contributed by atoms with E-state index in [4.69, 9.17) is 29.1 Å². The highest BCUT2D eigenvalue weighted by molar-refractivity contribution is 5.96. The van der Waals surface area contributed by atoms with Gasteiger partial charge in [0.15, 0.2) is 0 Å². The number of hydrogen-bond acceptors (Lipinski definition) is 8. The Morgan fingerprint density at radius 1 is 1.11 bits per heavy atom. The Bertz CT molecular complexity index is 1210. The molecule has 4 rings (SSSR count). The number of nitrogens with zero attached hydrogens (tertiary/aromatic N) is 4. The quantitative estimate of drug-likeness (QED) is 0.419. The number of alkyl halides is 6. The Balaban J connectivity index is 0.000000402. The van der Waals surface area contributed by atoms with Gasteiger partial charge in [-0.25, -0.2) is 9.59 Å². The lowest BCUT2D eigenvalue weighted by molar-refractivity contribution is -0.193. The van der Waals surface area contributed by atoms with E-state index in [-0.39, 0.29) is 11.5 Å². The molecule has 2 fully saturated rings. The van der Waals surface area contributed by atoms with Crippen molar-refractivity contribution in [1.82, 2.24) is 19.9 Å². The van der Waals surface area contributed by atoms with E-state index in [9.17, 15) is 31.1 Å². The van der Waals surface area contributed by atoms with Gasteiger partial charge in [-0.3, -0.25) is 9.78 Å². The van der Waals surface area contributed by atoms with Crippen molar-refractivity contribution in [3.63, 3.8) is 0 Å². The van der Waals surface area contributed by atoms with Crippen LogP contribution in [0.25, 0.3) is 0 Å². The van der Waals surface area contributed by atoms with E-state index in [0.29, 0.717) is 36.0 Å². The number of carboxylic acids is 2. The zero-order chi connectivity index (χ0) is 33.3. The van der Waals surface area contributed by atoms with E-state index in [2.05, 4.69) is 35.1 Å². The largest absolute Gasteiger partial charge is 0.490 e. The first kappa shape index (κ1) is 36.5. The summed E-state index contributed by atoms with van der Waals surface area (Å²) in [6.45, 7) is 7.91. The number of carbonyl (C=O) groups is 3. The molecule has 1 amide bonds. The van der Waals surface area contributed by atoms with Crippen molar-refractivity contribution in [2.75, 3.05) is 33.3 Å². The minimum Gasteiger partial charge on any atom is -0.475 e. The lowest BCUT2D eigenvalue weighted by Crippen LogP contribution is -2.66. The van der Waals surface area contributed by atoms with Crippen molar-refractivity contribution in [2.24, 2.45) is 5.92 Å². The molecular formula is C27H34F6N4O7. The summed E-state index contributed by atoms with van der Waals surface area (Å²) in [4.78, 5) is 39.2. The number of aromatic nitrogens is 2. The highest BCUT2D eigenvalue weighted by atomic mass is 19.4. The molecule has 2 aliphatic heterocycles. The molecular weight excluding hydrogens is 606 g/mol. The van der Waals surface area contributed by atoms with Crippen LogP contribution in [0.3, 0.4) is 0 Å². The molecule has 44 heavy (non-hydrogen) atoms. The average Bonchev–Trinajstić information content (AvgIpc) is 3.27. The maximum atomic E-state index is 13.0. The van der Waals surface area contributed by atoms with Crippen LogP contribution in [0.5, 0.6) is 0 Å². The number of hydrogen-bond donors (Lipinski definition) is 2. The van der Waals surface area contributed by atoms with E-state index in [1.807, 2.05) is 24.1 Å². The Morgan fingerprint density at radius 2 is 1.70 bits per heavy atom. The number of aryl methyl sites for hydroxylation is 2. The van der Waals surface area contributed by atoms with Crippen LogP contribution in [0.1, 0.15) is 53.6 Å². The Morgan fingerprint density at radius 3 is 2.16 bits per heavy atom. The molecule has 2 aromatic rings. The summed E-state index contributed by atoms with van der Waals surface area (Å²) in [7, 11) is 2.15. The van der Waals surface area contributed by atoms with Crippen LogP contribution < -0.4 is 0 Å². The molecule has 2 aliphatic rings. The summed E-state index contributed by atoms with van der Waals surface area (Å²) in [5, 5.41) is 18.3. The third-order valence-electron chi connectivity index (χ3n) is 6.73. The molecule has 4 heterocycles. The number of halogens is 6. The molecule has 2 N–H and O–H groups in total. The summed E-state index contributed by atoms with van der Waals surface area (Å²) in [6, 6.07) is 4.09. The Labute approximate surface area is 248 Å². The molecule has 246 valence electrons. The van der Waals surface area contributed by atoms with Gasteiger partial charge in [0, 0.05) is 31.9 Å². The molecule has 0 aliphatic carbocycles. The molecule has 1 spiro atoms. The number of carbonyl (C=O) groups excluding carboxylic acids is 1. The zero-order valence-corrected chi connectivity index (χ0v) is 24.2.